The summed E-state index contributed by atoms with van der Waals surface area (Å²) in [6.45, 7) is 6.64. The monoisotopic (exact) mass is 257 g/mol. The zero-order valence-electron chi connectivity index (χ0n) is 12.6. The first-order chi connectivity index (χ1) is 8.99. The molecule has 0 bridgehead atoms. The second-order valence-electron chi connectivity index (χ2n) is 7.10. The molecule has 0 spiro atoms. The molecule has 3 rings (SSSR count). The standard InChI is InChI=1S/C18H27N/c1-12-9-14(3)17(10-13(12)2)18(19)8-4-5-16(11-18)15-6-7-15/h9-10,15-16H,4-8,11,19H2,1-3H3. The molecule has 0 radical (unpaired) electrons. The van der Waals surface area contributed by atoms with Gasteiger partial charge >= 0.3 is 0 Å². The van der Waals surface area contributed by atoms with Gasteiger partial charge in [0.1, 0.15) is 0 Å². The zero-order valence-corrected chi connectivity index (χ0v) is 12.6. The molecule has 1 nitrogen and oxygen atoms in total. The largest absolute Gasteiger partial charge is 0.321 e. The average molecular weight is 257 g/mol. The Hall–Kier alpha value is -0.820. The third-order valence-electron chi connectivity index (χ3n) is 5.49. The van der Waals surface area contributed by atoms with Crippen LogP contribution in [0.15, 0.2) is 12.1 Å². The highest BCUT2D eigenvalue weighted by Gasteiger charge is 2.41. The van der Waals surface area contributed by atoms with E-state index in [-0.39, 0.29) is 5.54 Å². The molecule has 1 aromatic rings. The summed E-state index contributed by atoms with van der Waals surface area (Å²) in [4.78, 5) is 0. The van der Waals surface area contributed by atoms with Gasteiger partial charge < -0.3 is 5.73 Å². The fraction of sp³-hybridized carbons (Fsp3) is 0.667. The maximum absolute atomic E-state index is 6.86. The average Bonchev–Trinajstić information content (AvgIpc) is 3.18. The van der Waals surface area contributed by atoms with Crippen molar-refractivity contribution in [3.63, 3.8) is 0 Å². The predicted molar refractivity (Wildman–Crippen MR) is 81.2 cm³/mol. The first-order valence-electron chi connectivity index (χ1n) is 7.87. The third-order valence-corrected chi connectivity index (χ3v) is 5.49. The molecule has 2 unspecified atom stereocenters. The summed E-state index contributed by atoms with van der Waals surface area (Å²) in [7, 11) is 0. The van der Waals surface area contributed by atoms with Gasteiger partial charge in [0.25, 0.3) is 0 Å². The molecule has 0 aromatic heterocycles. The number of nitrogens with two attached hydrogens (primary N) is 1. The van der Waals surface area contributed by atoms with E-state index in [1.165, 1.54) is 60.8 Å². The molecule has 2 aliphatic carbocycles. The van der Waals surface area contributed by atoms with Crippen molar-refractivity contribution in [2.75, 3.05) is 0 Å². The van der Waals surface area contributed by atoms with E-state index in [2.05, 4.69) is 32.9 Å². The van der Waals surface area contributed by atoms with E-state index in [9.17, 15) is 0 Å². The highest BCUT2D eigenvalue weighted by Crippen LogP contribution is 2.49. The first-order valence-corrected chi connectivity index (χ1v) is 7.87. The van der Waals surface area contributed by atoms with Crippen LogP contribution in [0.2, 0.25) is 0 Å². The second-order valence-corrected chi connectivity index (χ2v) is 7.10. The quantitative estimate of drug-likeness (QED) is 0.836. The summed E-state index contributed by atoms with van der Waals surface area (Å²) in [5.41, 5.74) is 12.4. The fourth-order valence-electron chi connectivity index (χ4n) is 4.06. The van der Waals surface area contributed by atoms with Gasteiger partial charge in [0.2, 0.25) is 0 Å². The molecule has 2 aliphatic rings. The lowest BCUT2D eigenvalue weighted by molar-refractivity contribution is 0.206. The molecule has 0 saturated heterocycles. The molecular formula is C18H27N. The van der Waals surface area contributed by atoms with E-state index in [0.29, 0.717) is 0 Å². The van der Waals surface area contributed by atoms with Crippen molar-refractivity contribution in [2.45, 2.75) is 64.8 Å². The summed E-state index contributed by atoms with van der Waals surface area (Å²) >= 11 is 0. The maximum atomic E-state index is 6.86. The summed E-state index contributed by atoms with van der Waals surface area (Å²) in [5.74, 6) is 1.88. The number of aryl methyl sites for hydroxylation is 3. The Balaban J connectivity index is 1.92. The Labute approximate surface area is 117 Å². The lowest BCUT2D eigenvalue weighted by atomic mass is 9.69. The van der Waals surface area contributed by atoms with Crippen molar-refractivity contribution in [2.24, 2.45) is 17.6 Å². The van der Waals surface area contributed by atoms with Crippen molar-refractivity contribution in [3.8, 4) is 0 Å². The zero-order chi connectivity index (χ0) is 13.6. The minimum atomic E-state index is -0.0615. The van der Waals surface area contributed by atoms with Crippen molar-refractivity contribution >= 4 is 0 Å². The predicted octanol–water partition coefficient (Wildman–Crippen LogP) is 4.37. The lowest BCUT2D eigenvalue weighted by Gasteiger charge is -2.40. The van der Waals surface area contributed by atoms with Gasteiger partial charge in [-0.2, -0.15) is 0 Å². The number of benzene rings is 1. The maximum Gasteiger partial charge on any atom is 0.0415 e. The third kappa shape index (κ3) is 2.45. The molecule has 1 heteroatoms. The fourth-order valence-corrected chi connectivity index (χ4v) is 4.06. The Morgan fingerprint density at radius 1 is 0.947 bits per heavy atom. The smallest absolute Gasteiger partial charge is 0.0415 e. The topological polar surface area (TPSA) is 26.0 Å². The SMILES string of the molecule is Cc1cc(C)c(C2(N)CCCC(C3CC3)C2)cc1C. The molecule has 19 heavy (non-hydrogen) atoms. The Morgan fingerprint density at radius 2 is 1.63 bits per heavy atom. The van der Waals surface area contributed by atoms with Crippen molar-refractivity contribution < 1.29 is 0 Å². The van der Waals surface area contributed by atoms with Crippen LogP contribution in [0.25, 0.3) is 0 Å². The molecule has 2 fully saturated rings. The Morgan fingerprint density at radius 3 is 2.32 bits per heavy atom. The van der Waals surface area contributed by atoms with Crippen LogP contribution in [-0.4, -0.2) is 0 Å². The molecule has 0 amide bonds. The molecule has 0 aliphatic heterocycles. The molecule has 104 valence electrons. The second kappa shape index (κ2) is 4.63. The van der Waals surface area contributed by atoms with Gasteiger partial charge in [0, 0.05) is 5.54 Å². The number of hydrogen-bond acceptors (Lipinski definition) is 1. The molecule has 0 heterocycles. The van der Waals surface area contributed by atoms with Crippen molar-refractivity contribution in [1.29, 1.82) is 0 Å². The summed E-state index contributed by atoms with van der Waals surface area (Å²) in [5, 5.41) is 0. The van der Waals surface area contributed by atoms with Gasteiger partial charge in [-0.1, -0.05) is 25.0 Å². The van der Waals surface area contributed by atoms with Crippen LogP contribution in [0, 0.1) is 32.6 Å². The van der Waals surface area contributed by atoms with Crippen LogP contribution in [0.5, 0.6) is 0 Å². The van der Waals surface area contributed by atoms with Crippen LogP contribution < -0.4 is 5.73 Å². The van der Waals surface area contributed by atoms with Crippen LogP contribution in [0.3, 0.4) is 0 Å². The van der Waals surface area contributed by atoms with E-state index < -0.39 is 0 Å². The lowest BCUT2D eigenvalue weighted by Crippen LogP contribution is -2.42. The van der Waals surface area contributed by atoms with E-state index in [1.807, 2.05) is 0 Å². The molecule has 1 aromatic carbocycles. The first kappa shape index (κ1) is 13.2. The van der Waals surface area contributed by atoms with E-state index in [4.69, 9.17) is 5.73 Å². The van der Waals surface area contributed by atoms with Gasteiger partial charge in [0.05, 0.1) is 0 Å². The van der Waals surface area contributed by atoms with Crippen LogP contribution >= 0.6 is 0 Å². The van der Waals surface area contributed by atoms with E-state index >= 15 is 0 Å². The van der Waals surface area contributed by atoms with E-state index in [0.717, 1.165) is 11.8 Å². The van der Waals surface area contributed by atoms with Crippen LogP contribution in [0.1, 0.15) is 60.8 Å². The highest BCUT2D eigenvalue weighted by atomic mass is 14.8. The summed E-state index contributed by atoms with van der Waals surface area (Å²) in [6, 6.07) is 4.68. The van der Waals surface area contributed by atoms with Gasteiger partial charge in [0.15, 0.2) is 0 Å². The Kier molecular flexibility index (Phi) is 3.21. The number of hydrogen-bond donors (Lipinski definition) is 1. The highest BCUT2D eigenvalue weighted by molar-refractivity contribution is 5.40. The van der Waals surface area contributed by atoms with Crippen LogP contribution in [-0.2, 0) is 5.54 Å². The minimum Gasteiger partial charge on any atom is -0.321 e. The molecule has 2 atom stereocenters. The summed E-state index contributed by atoms with van der Waals surface area (Å²) in [6.07, 6.45) is 8.00. The van der Waals surface area contributed by atoms with Crippen LogP contribution in [0.4, 0.5) is 0 Å². The molecular weight excluding hydrogens is 230 g/mol. The van der Waals surface area contributed by atoms with Gasteiger partial charge in [-0.25, -0.2) is 0 Å². The molecule has 2 saturated carbocycles. The normalized spacial score (nSPS) is 31.5. The molecule has 2 N–H and O–H groups in total. The van der Waals surface area contributed by atoms with Gasteiger partial charge in [-0.15, -0.1) is 0 Å². The Bertz CT molecular complexity index is 487. The van der Waals surface area contributed by atoms with Gasteiger partial charge in [-0.05, 0) is 80.5 Å². The van der Waals surface area contributed by atoms with Gasteiger partial charge in [-0.3, -0.25) is 0 Å². The number of rotatable bonds is 2. The minimum absolute atomic E-state index is 0.0615. The van der Waals surface area contributed by atoms with E-state index in [1.54, 1.807) is 0 Å². The van der Waals surface area contributed by atoms with Crippen molar-refractivity contribution in [3.05, 3.63) is 34.4 Å². The summed E-state index contributed by atoms with van der Waals surface area (Å²) < 4.78 is 0. The van der Waals surface area contributed by atoms with Crippen molar-refractivity contribution in [1.82, 2.24) is 0 Å².